The van der Waals surface area contributed by atoms with Gasteiger partial charge >= 0.3 is 0 Å². The number of halogens is 1. The minimum Gasteiger partial charge on any atom is -0.495 e. The predicted octanol–water partition coefficient (Wildman–Crippen LogP) is 3.45. The van der Waals surface area contributed by atoms with E-state index in [0.29, 0.717) is 11.4 Å². The molecule has 4 heteroatoms. The van der Waals surface area contributed by atoms with Crippen molar-refractivity contribution in [1.82, 2.24) is 0 Å². The van der Waals surface area contributed by atoms with Gasteiger partial charge in [-0.05, 0) is 30.3 Å². The van der Waals surface area contributed by atoms with E-state index in [1.165, 1.54) is 12.1 Å². The van der Waals surface area contributed by atoms with Crippen LogP contribution in [0.3, 0.4) is 0 Å². The topological polar surface area (TPSA) is 45.0 Å². The summed E-state index contributed by atoms with van der Waals surface area (Å²) in [4.78, 5) is 0. The zero-order chi connectivity index (χ0) is 13.0. The zero-order valence-electron chi connectivity index (χ0n) is 9.77. The standard InChI is InChI=1S/C14H11FN2O/c1-18-14-5-3-2-4-13(14)17-11-7-6-10(9-16)12(15)8-11/h2-8,17H,1H3. The van der Waals surface area contributed by atoms with Gasteiger partial charge in [-0.15, -0.1) is 0 Å². The molecule has 0 bridgehead atoms. The summed E-state index contributed by atoms with van der Waals surface area (Å²) in [5.41, 5.74) is 1.33. The summed E-state index contributed by atoms with van der Waals surface area (Å²) in [5, 5.41) is 11.7. The number of hydrogen-bond donors (Lipinski definition) is 1. The number of nitrogens with one attached hydrogen (secondary N) is 1. The molecule has 0 amide bonds. The summed E-state index contributed by atoms with van der Waals surface area (Å²) >= 11 is 0. The summed E-state index contributed by atoms with van der Waals surface area (Å²) < 4.78 is 18.6. The lowest BCUT2D eigenvalue weighted by atomic mass is 10.2. The molecule has 0 radical (unpaired) electrons. The fourth-order valence-electron chi connectivity index (χ4n) is 1.59. The number of nitrogens with zero attached hydrogens (tertiary/aromatic N) is 1. The van der Waals surface area contributed by atoms with Crippen molar-refractivity contribution in [1.29, 1.82) is 5.26 Å². The number of benzene rings is 2. The molecular formula is C14H11FN2O. The molecule has 3 nitrogen and oxygen atoms in total. The quantitative estimate of drug-likeness (QED) is 0.896. The summed E-state index contributed by atoms with van der Waals surface area (Å²) in [6.07, 6.45) is 0. The molecule has 18 heavy (non-hydrogen) atoms. The highest BCUT2D eigenvalue weighted by atomic mass is 19.1. The Hall–Kier alpha value is -2.54. The van der Waals surface area contributed by atoms with Crippen LogP contribution in [0, 0.1) is 17.1 Å². The molecule has 0 saturated heterocycles. The maximum atomic E-state index is 13.4. The largest absolute Gasteiger partial charge is 0.495 e. The van der Waals surface area contributed by atoms with Crippen LogP contribution in [-0.2, 0) is 0 Å². The highest BCUT2D eigenvalue weighted by molar-refractivity contribution is 5.66. The maximum Gasteiger partial charge on any atom is 0.143 e. The minimum absolute atomic E-state index is 0.0283. The van der Waals surface area contributed by atoms with E-state index in [4.69, 9.17) is 10.00 Å². The van der Waals surface area contributed by atoms with Crippen molar-refractivity contribution in [3.05, 3.63) is 53.8 Å². The zero-order valence-corrected chi connectivity index (χ0v) is 9.77. The number of para-hydroxylation sites is 2. The molecule has 0 aliphatic carbocycles. The number of nitriles is 1. The Morgan fingerprint density at radius 3 is 2.67 bits per heavy atom. The summed E-state index contributed by atoms with van der Waals surface area (Å²) in [5.74, 6) is 0.125. The Morgan fingerprint density at radius 1 is 1.22 bits per heavy atom. The Balaban J connectivity index is 2.29. The Bertz CT molecular complexity index is 605. The first-order valence-corrected chi connectivity index (χ1v) is 5.34. The fraction of sp³-hybridized carbons (Fsp3) is 0.0714. The highest BCUT2D eigenvalue weighted by Gasteiger charge is 2.05. The van der Waals surface area contributed by atoms with Crippen LogP contribution < -0.4 is 10.1 Å². The van der Waals surface area contributed by atoms with Crippen LogP contribution in [0.4, 0.5) is 15.8 Å². The smallest absolute Gasteiger partial charge is 0.143 e. The van der Waals surface area contributed by atoms with Crippen LogP contribution >= 0.6 is 0 Å². The van der Waals surface area contributed by atoms with Gasteiger partial charge in [0.05, 0.1) is 18.4 Å². The predicted molar refractivity (Wildman–Crippen MR) is 67.4 cm³/mol. The maximum absolute atomic E-state index is 13.4. The van der Waals surface area contributed by atoms with Gasteiger partial charge < -0.3 is 10.1 Å². The summed E-state index contributed by atoms with van der Waals surface area (Å²) in [6, 6.07) is 13.5. The average Bonchev–Trinajstić information content (AvgIpc) is 2.39. The normalized spacial score (nSPS) is 9.61. The minimum atomic E-state index is -0.544. The van der Waals surface area contributed by atoms with Gasteiger partial charge in [-0.25, -0.2) is 4.39 Å². The Kier molecular flexibility index (Phi) is 3.44. The van der Waals surface area contributed by atoms with E-state index in [1.54, 1.807) is 19.2 Å². The van der Waals surface area contributed by atoms with Gasteiger partial charge in [-0.1, -0.05) is 12.1 Å². The Labute approximate surface area is 104 Å². The van der Waals surface area contributed by atoms with Crippen LogP contribution in [0.15, 0.2) is 42.5 Å². The number of hydrogen-bond acceptors (Lipinski definition) is 3. The van der Waals surface area contributed by atoms with Gasteiger partial charge in [0, 0.05) is 5.69 Å². The SMILES string of the molecule is COc1ccccc1Nc1ccc(C#N)c(F)c1. The first kappa shape index (κ1) is 11.9. The molecule has 0 fully saturated rings. The van der Waals surface area contributed by atoms with E-state index >= 15 is 0 Å². The fourth-order valence-corrected chi connectivity index (χ4v) is 1.59. The van der Waals surface area contributed by atoms with Crippen molar-refractivity contribution in [2.75, 3.05) is 12.4 Å². The van der Waals surface area contributed by atoms with Crippen molar-refractivity contribution < 1.29 is 9.13 Å². The van der Waals surface area contributed by atoms with E-state index in [9.17, 15) is 4.39 Å². The number of ether oxygens (including phenoxy) is 1. The molecule has 0 atom stereocenters. The van der Waals surface area contributed by atoms with Gasteiger partial charge in [0.25, 0.3) is 0 Å². The van der Waals surface area contributed by atoms with E-state index in [1.807, 2.05) is 24.3 Å². The van der Waals surface area contributed by atoms with Crippen molar-refractivity contribution in [2.24, 2.45) is 0 Å². The van der Waals surface area contributed by atoms with Crippen LogP contribution in [0.25, 0.3) is 0 Å². The van der Waals surface area contributed by atoms with Gasteiger partial charge in [0.1, 0.15) is 17.6 Å². The monoisotopic (exact) mass is 242 g/mol. The second kappa shape index (κ2) is 5.19. The third-order valence-electron chi connectivity index (χ3n) is 2.48. The van der Waals surface area contributed by atoms with E-state index < -0.39 is 5.82 Å². The van der Waals surface area contributed by atoms with Crippen LogP contribution in [-0.4, -0.2) is 7.11 Å². The molecule has 2 aromatic carbocycles. The van der Waals surface area contributed by atoms with Gasteiger partial charge in [0.2, 0.25) is 0 Å². The van der Waals surface area contributed by atoms with E-state index in [0.717, 1.165) is 5.69 Å². The molecule has 2 aromatic rings. The summed E-state index contributed by atoms with van der Waals surface area (Å²) in [7, 11) is 1.57. The molecule has 0 saturated carbocycles. The molecule has 0 aliphatic heterocycles. The first-order valence-electron chi connectivity index (χ1n) is 5.34. The second-order valence-corrected chi connectivity index (χ2v) is 3.63. The third-order valence-corrected chi connectivity index (χ3v) is 2.48. The second-order valence-electron chi connectivity index (χ2n) is 3.63. The molecule has 0 spiro atoms. The van der Waals surface area contributed by atoms with Crippen molar-refractivity contribution >= 4 is 11.4 Å². The van der Waals surface area contributed by atoms with E-state index in [-0.39, 0.29) is 5.56 Å². The van der Waals surface area contributed by atoms with Crippen LogP contribution in [0.2, 0.25) is 0 Å². The number of methoxy groups -OCH3 is 1. The third kappa shape index (κ3) is 2.41. The molecule has 0 aromatic heterocycles. The highest BCUT2D eigenvalue weighted by Crippen LogP contribution is 2.27. The lowest BCUT2D eigenvalue weighted by Crippen LogP contribution is -1.95. The van der Waals surface area contributed by atoms with Crippen LogP contribution in [0.1, 0.15) is 5.56 Å². The Morgan fingerprint density at radius 2 is 2.00 bits per heavy atom. The molecule has 0 unspecified atom stereocenters. The number of rotatable bonds is 3. The molecule has 90 valence electrons. The number of anilines is 2. The lowest BCUT2D eigenvalue weighted by molar-refractivity contribution is 0.417. The molecule has 0 aliphatic rings. The van der Waals surface area contributed by atoms with E-state index in [2.05, 4.69) is 5.32 Å². The van der Waals surface area contributed by atoms with Gasteiger partial charge in [-0.3, -0.25) is 0 Å². The van der Waals surface area contributed by atoms with Gasteiger partial charge in [0.15, 0.2) is 0 Å². The van der Waals surface area contributed by atoms with Gasteiger partial charge in [-0.2, -0.15) is 5.26 Å². The lowest BCUT2D eigenvalue weighted by Gasteiger charge is -2.11. The van der Waals surface area contributed by atoms with Crippen LogP contribution in [0.5, 0.6) is 5.75 Å². The van der Waals surface area contributed by atoms with Crippen molar-refractivity contribution in [3.63, 3.8) is 0 Å². The molecule has 0 heterocycles. The first-order chi connectivity index (χ1) is 8.74. The molecule has 1 N–H and O–H groups in total. The van der Waals surface area contributed by atoms with Crippen molar-refractivity contribution in [2.45, 2.75) is 0 Å². The molecular weight excluding hydrogens is 231 g/mol. The van der Waals surface area contributed by atoms with Crippen molar-refractivity contribution in [3.8, 4) is 11.8 Å². The average molecular weight is 242 g/mol. The summed E-state index contributed by atoms with van der Waals surface area (Å²) in [6.45, 7) is 0. The molecule has 2 rings (SSSR count).